The van der Waals surface area contributed by atoms with Crippen LogP contribution in [-0.2, 0) is 16.1 Å². The van der Waals surface area contributed by atoms with Crippen molar-refractivity contribution < 1.29 is 14.3 Å². The number of nitrogens with two attached hydrogens (primary N) is 1. The molecule has 2 rings (SSSR count). The van der Waals surface area contributed by atoms with Gasteiger partial charge in [-0.1, -0.05) is 24.3 Å². The standard InChI is InChI=1S/C14H17NO3/c1-17-13-6-2-10(3-7-13)9-18-14(16)11-4-5-12(15)8-11/h2-7,11-12H,8-9,15H2,1H3. The van der Waals surface area contributed by atoms with E-state index in [1.165, 1.54) is 0 Å². The quantitative estimate of drug-likeness (QED) is 0.649. The lowest BCUT2D eigenvalue weighted by Crippen LogP contribution is -2.20. The Labute approximate surface area is 106 Å². The van der Waals surface area contributed by atoms with Gasteiger partial charge in [-0.3, -0.25) is 4.79 Å². The average molecular weight is 247 g/mol. The van der Waals surface area contributed by atoms with Gasteiger partial charge in [0.2, 0.25) is 0 Å². The molecule has 1 aromatic rings. The number of hydrogen-bond donors (Lipinski definition) is 1. The van der Waals surface area contributed by atoms with Crippen LogP contribution in [0.15, 0.2) is 36.4 Å². The molecule has 96 valence electrons. The Balaban J connectivity index is 1.83. The average Bonchev–Trinajstić information content (AvgIpc) is 2.83. The van der Waals surface area contributed by atoms with Crippen molar-refractivity contribution in [3.05, 3.63) is 42.0 Å². The van der Waals surface area contributed by atoms with E-state index in [0.29, 0.717) is 6.42 Å². The first-order valence-corrected chi connectivity index (χ1v) is 5.92. The van der Waals surface area contributed by atoms with Crippen LogP contribution in [0.3, 0.4) is 0 Å². The summed E-state index contributed by atoms with van der Waals surface area (Å²) >= 11 is 0. The van der Waals surface area contributed by atoms with Crippen molar-refractivity contribution in [1.82, 2.24) is 0 Å². The Bertz CT molecular complexity index is 439. The molecule has 0 saturated carbocycles. The third-order valence-corrected chi connectivity index (χ3v) is 2.96. The van der Waals surface area contributed by atoms with Crippen LogP contribution in [0.25, 0.3) is 0 Å². The van der Waals surface area contributed by atoms with Gasteiger partial charge in [0.25, 0.3) is 0 Å². The minimum atomic E-state index is -0.213. The van der Waals surface area contributed by atoms with Crippen molar-refractivity contribution in [3.8, 4) is 5.75 Å². The third kappa shape index (κ3) is 3.11. The first kappa shape index (κ1) is 12.6. The Morgan fingerprint density at radius 2 is 2.06 bits per heavy atom. The van der Waals surface area contributed by atoms with Gasteiger partial charge < -0.3 is 15.2 Å². The summed E-state index contributed by atoms with van der Waals surface area (Å²) in [6.07, 6.45) is 4.31. The first-order valence-electron chi connectivity index (χ1n) is 5.92. The highest BCUT2D eigenvalue weighted by atomic mass is 16.5. The maximum absolute atomic E-state index is 11.7. The third-order valence-electron chi connectivity index (χ3n) is 2.96. The Morgan fingerprint density at radius 3 is 2.61 bits per heavy atom. The highest BCUT2D eigenvalue weighted by molar-refractivity contribution is 5.75. The summed E-state index contributed by atoms with van der Waals surface area (Å²) in [5.74, 6) is 0.378. The zero-order valence-electron chi connectivity index (χ0n) is 10.3. The molecule has 0 amide bonds. The molecule has 18 heavy (non-hydrogen) atoms. The molecule has 4 nitrogen and oxygen atoms in total. The van der Waals surface area contributed by atoms with Crippen LogP contribution in [-0.4, -0.2) is 19.1 Å². The monoisotopic (exact) mass is 247 g/mol. The molecule has 0 aromatic heterocycles. The molecule has 1 aromatic carbocycles. The van der Waals surface area contributed by atoms with E-state index in [-0.39, 0.29) is 24.5 Å². The second-order valence-corrected chi connectivity index (χ2v) is 4.35. The molecule has 0 fully saturated rings. The molecule has 0 bridgehead atoms. The Kier molecular flexibility index (Phi) is 3.99. The van der Waals surface area contributed by atoms with Crippen LogP contribution in [0.5, 0.6) is 5.75 Å². The summed E-state index contributed by atoms with van der Waals surface area (Å²) in [4.78, 5) is 11.7. The Hall–Kier alpha value is -1.81. The zero-order chi connectivity index (χ0) is 13.0. The summed E-state index contributed by atoms with van der Waals surface area (Å²) in [6.45, 7) is 0.280. The van der Waals surface area contributed by atoms with E-state index in [2.05, 4.69) is 0 Å². The fraction of sp³-hybridized carbons (Fsp3) is 0.357. The van der Waals surface area contributed by atoms with E-state index in [4.69, 9.17) is 15.2 Å². The van der Waals surface area contributed by atoms with Crippen molar-refractivity contribution in [1.29, 1.82) is 0 Å². The molecule has 1 aliphatic rings. The highest BCUT2D eigenvalue weighted by Gasteiger charge is 2.23. The smallest absolute Gasteiger partial charge is 0.313 e. The van der Waals surface area contributed by atoms with Crippen molar-refractivity contribution >= 4 is 5.97 Å². The number of carbonyl (C=O) groups is 1. The Morgan fingerprint density at radius 1 is 1.33 bits per heavy atom. The normalized spacial score (nSPS) is 21.9. The zero-order valence-corrected chi connectivity index (χ0v) is 10.3. The van der Waals surface area contributed by atoms with Gasteiger partial charge in [0.1, 0.15) is 12.4 Å². The molecule has 0 saturated heterocycles. The van der Waals surface area contributed by atoms with E-state index in [9.17, 15) is 4.79 Å². The predicted octanol–water partition coefficient (Wildman–Crippen LogP) is 1.64. The first-order chi connectivity index (χ1) is 8.69. The summed E-state index contributed by atoms with van der Waals surface area (Å²) in [6, 6.07) is 7.41. The molecule has 1 aliphatic carbocycles. The molecular formula is C14H17NO3. The maximum Gasteiger partial charge on any atom is 0.313 e. The lowest BCUT2D eigenvalue weighted by atomic mass is 10.1. The van der Waals surface area contributed by atoms with Gasteiger partial charge >= 0.3 is 5.97 Å². The van der Waals surface area contributed by atoms with Gasteiger partial charge in [0.15, 0.2) is 0 Å². The second kappa shape index (κ2) is 5.69. The van der Waals surface area contributed by atoms with E-state index >= 15 is 0 Å². The van der Waals surface area contributed by atoms with Gasteiger partial charge in [-0.2, -0.15) is 0 Å². The number of rotatable bonds is 4. The van der Waals surface area contributed by atoms with Crippen LogP contribution in [0.1, 0.15) is 12.0 Å². The molecule has 0 spiro atoms. The summed E-state index contributed by atoms with van der Waals surface area (Å²) in [7, 11) is 1.62. The van der Waals surface area contributed by atoms with Crippen LogP contribution in [0, 0.1) is 5.92 Å². The van der Waals surface area contributed by atoms with Gasteiger partial charge in [-0.05, 0) is 24.1 Å². The van der Waals surface area contributed by atoms with E-state index in [1.807, 2.05) is 36.4 Å². The van der Waals surface area contributed by atoms with Crippen LogP contribution in [0.2, 0.25) is 0 Å². The fourth-order valence-electron chi connectivity index (χ4n) is 1.89. The van der Waals surface area contributed by atoms with E-state index < -0.39 is 0 Å². The van der Waals surface area contributed by atoms with Gasteiger partial charge in [0, 0.05) is 6.04 Å². The number of methoxy groups -OCH3 is 1. The minimum Gasteiger partial charge on any atom is -0.497 e. The molecule has 2 atom stereocenters. The molecule has 0 radical (unpaired) electrons. The lowest BCUT2D eigenvalue weighted by Gasteiger charge is -2.10. The lowest BCUT2D eigenvalue weighted by molar-refractivity contribution is -0.148. The van der Waals surface area contributed by atoms with Gasteiger partial charge in [-0.15, -0.1) is 0 Å². The van der Waals surface area contributed by atoms with Crippen LogP contribution in [0.4, 0.5) is 0 Å². The highest BCUT2D eigenvalue weighted by Crippen LogP contribution is 2.19. The van der Waals surface area contributed by atoms with Crippen molar-refractivity contribution in [3.63, 3.8) is 0 Å². The number of esters is 1. The van der Waals surface area contributed by atoms with Crippen molar-refractivity contribution in [2.75, 3.05) is 7.11 Å². The predicted molar refractivity (Wildman–Crippen MR) is 68.0 cm³/mol. The number of carbonyl (C=O) groups excluding carboxylic acids is 1. The molecule has 2 unspecified atom stereocenters. The van der Waals surface area contributed by atoms with E-state index in [1.54, 1.807) is 7.11 Å². The summed E-state index contributed by atoms with van der Waals surface area (Å²) < 4.78 is 10.3. The van der Waals surface area contributed by atoms with E-state index in [0.717, 1.165) is 11.3 Å². The number of hydrogen-bond acceptors (Lipinski definition) is 4. The number of ether oxygens (including phenoxy) is 2. The second-order valence-electron chi connectivity index (χ2n) is 4.35. The number of benzene rings is 1. The minimum absolute atomic E-state index is 0.0245. The topological polar surface area (TPSA) is 61.5 Å². The molecule has 0 aliphatic heterocycles. The van der Waals surface area contributed by atoms with Gasteiger partial charge in [0.05, 0.1) is 13.0 Å². The van der Waals surface area contributed by atoms with Crippen molar-refractivity contribution in [2.24, 2.45) is 11.7 Å². The van der Waals surface area contributed by atoms with Crippen LogP contribution >= 0.6 is 0 Å². The largest absolute Gasteiger partial charge is 0.497 e. The summed E-state index contributed by atoms with van der Waals surface area (Å²) in [5.41, 5.74) is 6.63. The molecule has 2 N–H and O–H groups in total. The van der Waals surface area contributed by atoms with Crippen LogP contribution < -0.4 is 10.5 Å². The van der Waals surface area contributed by atoms with Crippen molar-refractivity contribution in [2.45, 2.75) is 19.1 Å². The SMILES string of the molecule is COc1ccc(COC(=O)C2C=CC(N)C2)cc1. The molecule has 0 heterocycles. The maximum atomic E-state index is 11.7. The molecular weight excluding hydrogens is 230 g/mol. The fourth-order valence-corrected chi connectivity index (χ4v) is 1.89. The molecule has 4 heteroatoms. The summed E-state index contributed by atoms with van der Waals surface area (Å²) in [5, 5.41) is 0. The van der Waals surface area contributed by atoms with Gasteiger partial charge in [-0.25, -0.2) is 0 Å².